The van der Waals surface area contributed by atoms with Gasteiger partial charge in [-0.3, -0.25) is 4.79 Å². The Hall–Kier alpha value is -3.00. The molecule has 4 rings (SSSR count). The predicted molar refractivity (Wildman–Crippen MR) is 93.3 cm³/mol. The number of nitrogens with zero attached hydrogens (tertiary/aromatic N) is 2. The number of piperidine rings is 1. The minimum absolute atomic E-state index is 0.135. The molecule has 1 atom stereocenters. The number of aromatic amines is 2. The standard InChI is InChI=1S/C17H18N6O2/c24-16(19-11-2-1-7-18-9-11)14-6-5-12(22-23-14)10-3-4-13-15(8-10)21-17(25)20-13/h3-6,8,11,18H,1-2,7,9H2,(H,19,24)(H2,20,21,25). The van der Waals surface area contributed by atoms with E-state index < -0.39 is 0 Å². The van der Waals surface area contributed by atoms with Crippen LogP contribution in [0, 0.1) is 0 Å². The highest BCUT2D eigenvalue weighted by Crippen LogP contribution is 2.20. The van der Waals surface area contributed by atoms with Crippen LogP contribution in [0.25, 0.3) is 22.3 Å². The van der Waals surface area contributed by atoms with E-state index in [2.05, 4.69) is 30.8 Å². The van der Waals surface area contributed by atoms with Crippen molar-refractivity contribution >= 4 is 16.9 Å². The second-order valence-corrected chi connectivity index (χ2v) is 6.16. The van der Waals surface area contributed by atoms with E-state index in [0.29, 0.717) is 16.9 Å². The summed E-state index contributed by atoms with van der Waals surface area (Å²) in [6.07, 6.45) is 2.03. The number of benzene rings is 1. The number of carbonyl (C=O) groups is 1. The van der Waals surface area contributed by atoms with Crippen molar-refractivity contribution in [3.8, 4) is 11.3 Å². The number of H-pyrrole nitrogens is 2. The van der Waals surface area contributed by atoms with Crippen LogP contribution in [0.2, 0.25) is 0 Å². The Morgan fingerprint density at radius 1 is 1.12 bits per heavy atom. The van der Waals surface area contributed by atoms with Gasteiger partial charge in [0, 0.05) is 18.2 Å². The minimum atomic E-state index is -0.248. The van der Waals surface area contributed by atoms with Crippen LogP contribution in [0.1, 0.15) is 23.3 Å². The summed E-state index contributed by atoms with van der Waals surface area (Å²) in [5, 5.41) is 14.4. The Morgan fingerprint density at radius 2 is 2.00 bits per heavy atom. The maximum atomic E-state index is 12.3. The van der Waals surface area contributed by atoms with Gasteiger partial charge < -0.3 is 20.6 Å². The summed E-state index contributed by atoms with van der Waals surface area (Å²) in [6.45, 7) is 1.78. The lowest BCUT2D eigenvalue weighted by atomic mass is 10.1. The highest BCUT2D eigenvalue weighted by atomic mass is 16.2. The van der Waals surface area contributed by atoms with E-state index in [-0.39, 0.29) is 17.6 Å². The van der Waals surface area contributed by atoms with Crippen LogP contribution in [0.4, 0.5) is 0 Å². The van der Waals surface area contributed by atoms with Crippen molar-refractivity contribution in [1.29, 1.82) is 0 Å². The van der Waals surface area contributed by atoms with Crippen LogP contribution in [-0.4, -0.2) is 45.2 Å². The topological polar surface area (TPSA) is 116 Å². The second-order valence-electron chi connectivity index (χ2n) is 6.16. The Balaban J connectivity index is 1.52. The zero-order chi connectivity index (χ0) is 17.2. The number of imidazole rings is 1. The molecule has 128 valence electrons. The molecule has 4 N–H and O–H groups in total. The maximum Gasteiger partial charge on any atom is 0.323 e. The van der Waals surface area contributed by atoms with Gasteiger partial charge in [0.05, 0.1) is 16.7 Å². The Kier molecular flexibility index (Phi) is 4.02. The van der Waals surface area contributed by atoms with Crippen molar-refractivity contribution in [3.05, 3.63) is 46.5 Å². The minimum Gasteiger partial charge on any atom is -0.347 e. The fourth-order valence-corrected chi connectivity index (χ4v) is 3.03. The van der Waals surface area contributed by atoms with Gasteiger partial charge in [-0.1, -0.05) is 6.07 Å². The molecule has 3 heterocycles. The fraction of sp³-hybridized carbons (Fsp3) is 0.294. The van der Waals surface area contributed by atoms with Crippen LogP contribution in [-0.2, 0) is 0 Å². The highest BCUT2D eigenvalue weighted by molar-refractivity contribution is 5.92. The van der Waals surface area contributed by atoms with Crippen molar-refractivity contribution in [1.82, 2.24) is 30.8 Å². The van der Waals surface area contributed by atoms with Crippen molar-refractivity contribution in [2.45, 2.75) is 18.9 Å². The normalized spacial score (nSPS) is 17.5. The number of hydrogen-bond donors (Lipinski definition) is 4. The number of hydrogen-bond acceptors (Lipinski definition) is 5. The van der Waals surface area contributed by atoms with Crippen molar-refractivity contribution in [2.75, 3.05) is 13.1 Å². The molecule has 1 aromatic carbocycles. The predicted octanol–water partition coefficient (Wildman–Crippen LogP) is 0.795. The third-order valence-electron chi connectivity index (χ3n) is 4.34. The van der Waals surface area contributed by atoms with Gasteiger partial charge in [-0.25, -0.2) is 4.79 Å². The molecule has 1 aliphatic heterocycles. The zero-order valence-electron chi connectivity index (χ0n) is 13.5. The Labute approximate surface area is 143 Å². The van der Waals surface area contributed by atoms with Gasteiger partial charge >= 0.3 is 5.69 Å². The molecular formula is C17H18N6O2. The first-order chi connectivity index (χ1) is 12.2. The molecule has 1 fully saturated rings. The number of aromatic nitrogens is 4. The summed E-state index contributed by atoms with van der Waals surface area (Å²) in [6, 6.07) is 9.04. The first kappa shape index (κ1) is 15.5. The van der Waals surface area contributed by atoms with Crippen molar-refractivity contribution in [2.24, 2.45) is 0 Å². The SMILES string of the molecule is O=C(NC1CCCNC1)c1ccc(-c2ccc3[nH]c(=O)[nH]c3c2)nn1. The van der Waals surface area contributed by atoms with E-state index in [0.717, 1.165) is 37.0 Å². The number of nitrogens with one attached hydrogen (secondary N) is 4. The average Bonchev–Trinajstić information content (AvgIpc) is 3.02. The van der Waals surface area contributed by atoms with Crippen molar-refractivity contribution < 1.29 is 4.79 Å². The second kappa shape index (κ2) is 6.48. The lowest BCUT2D eigenvalue weighted by molar-refractivity contribution is 0.0924. The van der Waals surface area contributed by atoms with Gasteiger partial charge in [-0.05, 0) is 43.7 Å². The third kappa shape index (κ3) is 3.29. The summed E-state index contributed by atoms with van der Waals surface area (Å²) >= 11 is 0. The van der Waals surface area contributed by atoms with E-state index in [1.165, 1.54) is 0 Å². The zero-order valence-corrected chi connectivity index (χ0v) is 13.5. The molecule has 0 spiro atoms. The molecule has 0 saturated carbocycles. The molecule has 3 aromatic rings. The highest BCUT2D eigenvalue weighted by Gasteiger charge is 2.17. The molecule has 0 aliphatic carbocycles. The molecule has 0 bridgehead atoms. The first-order valence-electron chi connectivity index (χ1n) is 8.27. The van der Waals surface area contributed by atoms with Gasteiger partial charge in [0.15, 0.2) is 5.69 Å². The molecule has 8 nitrogen and oxygen atoms in total. The Bertz CT molecular complexity index is 953. The van der Waals surface area contributed by atoms with Crippen LogP contribution in [0.5, 0.6) is 0 Å². The van der Waals surface area contributed by atoms with Crippen LogP contribution in [0.15, 0.2) is 35.1 Å². The largest absolute Gasteiger partial charge is 0.347 e. The number of rotatable bonds is 3. The molecule has 1 saturated heterocycles. The Morgan fingerprint density at radius 3 is 2.76 bits per heavy atom. The average molecular weight is 338 g/mol. The van der Waals surface area contributed by atoms with Gasteiger partial charge in [-0.2, -0.15) is 0 Å². The number of fused-ring (bicyclic) bond motifs is 1. The van der Waals surface area contributed by atoms with E-state index in [9.17, 15) is 9.59 Å². The molecule has 2 aromatic heterocycles. The van der Waals surface area contributed by atoms with Crippen LogP contribution < -0.4 is 16.3 Å². The van der Waals surface area contributed by atoms with Gasteiger partial charge in [0.1, 0.15) is 0 Å². The molecule has 8 heteroatoms. The van der Waals surface area contributed by atoms with E-state index in [1.807, 2.05) is 12.1 Å². The summed E-state index contributed by atoms with van der Waals surface area (Å²) in [5.41, 5.74) is 2.95. The summed E-state index contributed by atoms with van der Waals surface area (Å²) in [4.78, 5) is 29.0. The molecular weight excluding hydrogens is 320 g/mol. The quantitative estimate of drug-likeness (QED) is 0.564. The van der Waals surface area contributed by atoms with Crippen LogP contribution in [0.3, 0.4) is 0 Å². The van der Waals surface area contributed by atoms with Gasteiger partial charge in [0.25, 0.3) is 5.91 Å². The summed E-state index contributed by atoms with van der Waals surface area (Å²) in [5.74, 6) is -0.210. The monoisotopic (exact) mass is 338 g/mol. The maximum absolute atomic E-state index is 12.3. The third-order valence-corrected chi connectivity index (χ3v) is 4.34. The lowest BCUT2D eigenvalue weighted by Gasteiger charge is -2.23. The summed E-state index contributed by atoms with van der Waals surface area (Å²) in [7, 11) is 0. The molecule has 25 heavy (non-hydrogen) atoms. The van der Waals surface area contributed by atoms with E-state index >= 15 is 0 Å². The molecule has 1 aliphatic rings. The van der Waals surface area contributed by atoms with Gasteiger partial charge in [0.2, 0.25) is 0 Å². The number of carbonyl (C=O) groups excluding carboxylic acids is 1. The summed E-state index contributed by atoms with van der Waals surface area (Å²) < 4.78 is 0. The molecule has 1 unspecified atom stereocenters. The molecule has 0 radical (unpaired) electrons. The lowest BCUT2D eigenvalue weighted by Crippen LogP contribution is -2.45. The van der Waals surface area contributed by atoms with Crippen molar-refractivity contribution in [3.63, 3.8) is 0 Å². The van der Waals surface area contributed by atoms with E-state index in [4.69, 9.17) is 0 Å². The van der Waals surface area contributed by atoms with E-state index in [1.54, 1.807) is 18.2 Å². The number of amides is 1. The first-order valence-corrected chi connectivity index (χ1v) is 8.27. The van der Waals surface area contributed by atoms with Gasteiger partial charge in [-0.15, -0.1) is 10.2 Å². The fourth-order valence-electron chi connectivity index (χ4n) is 3.03. The molecule has 1 amide bonds. The van der Waals surface area contributed by atoms with Crippen LogP contribution >= 0.6 is 0 Å². The smallest absolute Gasteiger partial charge is 0.323 e.